The van der Waals surface area contributed by atoms with Crippen LogP contribution >= 0.6 is 11.3 Å². The molecule has 0 spiro atoms. The van der Waals surface area contributed by atoms with Crippen LogP contribution in [0.1, 0.15) is 18.5 Å². The van der Waals surface area contributed by atoms with Gasteiger partial charge in [-0.2, -0.15) is 0 Å². The summed E-state index contributed by atoms with van der Waals surface area (Å²) >= 11 is 1.64. The molecular weight excluding hydrogens is 324 g/mol. The Morgan fingerprint density at radius 1 is 1.29 bits per heavy atom. The second-order valence-corrected chi connectivity index (χ2v) is 6.78. The van der Waals surface area contributed by atoms with Gasteiger partial charge in [-0.1, -0.05) is 12.1 Å². The van der Waals surface area contributed by atoms with E-state index in [1.54, 1.807) is 18.4 Å². The van der Waals surface area contributed by atoms with E-state index >= 15 is 0 Å². The minimum absolute atomic E-state index is 0.0471. The molecule has 2 heterocycles. The molecule has 1 aromatic carbocycles. The van der Waals surface area contributed by atoms with Crippen LogP contribution in [0.5, 0.6) is 5.75 Å². The fourth-order valence-corrected chi connectivity index (χ4v) is 3.89. The number of hydrogen-bond donors (Lipinski definition) is 0. The number of benzene rings is 1. The highest BCUT2D eigenvalue weighted by Gasteiger charge is 2.25. The lowest BCUT2D eigenvalue weighted by molar-refractivity contribution is -0.147. The van der Waals surface area contributed by atoms with E-state index in [4.69, 9.17) is 14.5 Å². The van der Waals surface area contributed by atoms with Crippen molar-refractivity contribution < 1.29 is 14.3 Å². The van der Waals surface area contributed by atoms with Crippen LogP contribution in [-0.2, 0) is 16.1 Å². The Bertz CT molecular complexity index is 693. The third-order valence-electron chi connectivity index (χ3n) is 4.40. The smallest absolute Gasteiger partial charge is 0.308 e. The van der Waals surface area contributed by atoms with Crippen molar-refractivity contribution in [2.75, 3.05) is 27.3 Å². The minimum atomic E-state index is -0.0817. The molecule has 1 aromatic heterocycles. The SMILES string of the molecule is COC(=O)C1CCN(Cc2csc(-c3ccccc3OC)n2)CC1. The Morgan fingerprint density at radius 3 is 2.75 bits per heavy atom. The fourth-order valence-electron chi connectivity index (χ4n) is 3.05. The van der Waals surface area contributed by atoms with Crippen LogP contribution in [0, 0.1) is 5.92 Å². The number of carbonyl (C=O) groups is 1. The summed E-state index contributed by atoms with van der Waals surface area (Å²) in [7, 11) is 3.14. The molecule has 24 heavy (non-hydrogen) atoms. The van der Waals surface area contributed by atoms with E-state index in [0.717, 1.165) is 54.5 Å². The summed E-state index contributed by atoms with van der Waals surface area (Å²) in [6, 6.07) is 7.94. The highest BCUT2D eigenvalue weighted by Crippen LogP contribution is 2.32. The number of likely N-dealkylation sites (tertiary alicyclic amines) is 1. The van der Waals surface area contributed by atoms with Gasteiger partial charge in [0.15, 0.2) is 0 Å². The van der Waals surface area contributed by atoms with E-state index in [1.165, 1.54) is 7.11 Å². The number of ether oxygens (including phenoxy) is 2. The van der Waals surface area contributed by atoms with Gasteiger partial charge < -0.3 is 9.47 Å². The van der Waals surface area contributed by atoms with Crippen molar-refractivity contribution in [3.63, 3.8) is 0 Å². The molecule has 0 unspecified atom stereocenters. The zero-order valence-corrected chi connectivity index (χ0v) is 14.8. The first-order chi connectivity index (χ1) is 11.7. The summed E-state index contributed by atoms with van der Waals surface area (Å²) in [5.41, 5.74) is 2.10. The second-order valence-electron chi connectivity index (χ2n) is 5.92. The van der Waals surface area contributed by atoms with Crippen molar-refractivity contribution in [2.45, 2.75) is 19.4 Å². The molecule has 0 radical (unpaired) electrons. The summed E-state index contributed by atoms with van der Waals surface area (Å²) in [6.45, 7) is 2.63. The molecular formula is C18H22N2O3S. The highest BCUT2D eigenvalue weighted by atomic mass is 32.1. The van der Waals surface area contributed by atoms with Gasteiger partial charge in [-0.15, -0.1) is 11.3 Å². The van der Waals surface area contributed by atoms with Gasteiger partial charge in [0.2, 0.25) is 0 Å². The summed E-state index contributed by atoms with van der Waals surface area (Å²) in [6.07, 6.45) is 1.71. The molecule has 5 nitrogen and oxygen atoms in total. The van der Waals surface area contributed by atoms with Gasteiger partial charge in [0.05, 0.1) is 31.4 Å². The van der Waals surface area contributed by atoms with Crippen molar-refractivity contribution in [2.24, 2.45) is 5.92 Å². The van der Waals surface area contributed by atoms with Gasteiger partial charge >= 0.3 is 5.97 Å². The number of nitrogens with zero attached hydrogens (tertiary/aromatic N) is 2. The maximum atomic E-state index is 11.6. The summed E-state index contributed by atoms with van der Waals surface area (Å²) in [5, 5.41) is 3.08. The third-order valence-corrected chi connectivity index (χ3v) is 5.32. The zero-order valence-electron chi connectivity index (χ0n) is 14.0. The van der Waals surface area contributed by atoms with Crippen molar-refractivity contribution in [3.05, 3.63) is 35.3 Å². The number of esters is 1. The first-order valence-electron chi connectivity index (χ1n) is 8.09. The summed E-state index contributed by atoms with van der Waals surface area (Å²) in [5.74, 6) is 0.810. The molecule has 0 N–H and O–H groups in total. The Hall–Kier alpha value is -1.92. The first-order valence-corrected chi connectivity index (χ1v) is 8.97. The van der Waals surface area contributed by atoms with E-state index in [1.807, 2.05) is 24.3 Å². The lowest BCUT2D eigenvalue weighted by atomic mass is 9.97. The monoisotopic (exact) mass is 346 g/mol. The molecule has 0 bridgehead atoms. The lowest BCUT2D eigenvalue weighted by Gasteiger charge is -2.29. The van der Waals surface area contributed by atoms with E-state index in [9.17, 15) is 4.79 Å². The van der Waals surface area contributed by atoms with E-state index in [2.05, 4.69) is 10.3 Å². The first kappa shape index (κ1) is 16.9. The number of methoxy groups -OCH3 is 2. The second kappa shape index (κ2) is 7.77. The van der Waals surface area contributed by atoms with Crippen LogP contribution < -0.4 is 4.74 Å². The average Bonchev–Trinajstić information content (AvgIpc) is 3.10. The van der Waals surface area contributed by atoms with Gasteiger partial charge in [-0.05, 0) is 38.1 Å². The highest BCUT2D eigenvalue weighted by molar-refractivity contribution is 7.13. The average molecular weight is 346 g/mol. The zero-order chi connectivity index (χ0) is 16.9. The van der Waals surface area contributed by atoms with Crippen LogP contribution in [0.15, 0.2) is 29.6 Å². The number of hydrogen-bond acceptors (Lipinski definition) is 6. The number of aromatic nitrogens is 1. The standard InChI is InChI=1S/C18H22N2O3S/c1-22-16-6-4-3-5-15(16)17-19-14(12-24-17)11-20-9-7-13(8-10-20)18(21)23-2/h3-6,12-13H,7-11H2,1-2H3. The third kappa shape index (κ3) is 3.76. The fraction of sp³-hybridized carbons (Fsp3) is 0.444. The van der Waals surface area contributed by atoms with Crippen LogP contribution in [0.2, 0.25) is 0 Å². The Kier molecular flexibility index (Phi) is 5.48. The van der Waals surface area contributed by atoms with E-state index in [-0.39, 0.29) is 11.9 Å². The van der Waals surface area contributed by atoms with Crippen molar-refractivity contribution in [1.82, 2.24) is 9.88 Å². The molecule has 6 heteroatoms. The van der Waals surface area contributed by atoms with Crippen LogP contribution in [0.3, 0.4) is 0 Å². The lowest BCUT2D eigenvalue weighted by Crippen LogP contribution is -2.36. The molecule has 128 valence electrons. The Labute approximate surface area is 146 Å². The molecule has 1 fully saturated rings. The van der Waals surface area contributed by atoms with Crippen molar-refractivity contribution in [3.8, 4) is 16.3 Å². The van der Waals surface area contributed by atoms with Gasteiger partial charge in [0.1, 0.15) is 10.8 Å². The minimum Gasteiger partial charge on any atom is -0.496 e. The van der Waals surface area contributed by atoms with Gasteiger partial charge in [-0.3, -0.25) is 9.69 Å². The van der Waals surface area contributed by atoms with Crippen molar-refractivity contribution in [1.29, 1.82) is 0 Å². The summed E-state index contributed by atoms with van der Waals surface area (Å²) in [4.78, 5) is 18.7. The topological polar surface area (TPSA) is 51.7 Å². The largest absolute Gasteiger partial charge is 0.496 e. The van der Waals surface area contributed by atoms with Crippen molar-refractivity contribution >= 4 is 17.3 Å². The molecule has 0 saturated carbocycles. The van der Waals surface area contributed by atoms with Crippen LogP contribution in [0.4, 0.5) is 0 Å². The number of rotatable bonds is 5. The predicted molar refractivity (Wildman–Crippen MR) is 94.1 cm³/mol. The molecule has 0 amide bonds. The Morgan fingerprint density at radius 2 is 2.04 bits per heavy atom. The maximum Gasteiger partial charge on any atom is 0.308 e. The molecule has 0 atom stereocenters. The molecule has 2 aromatic rings. The van der Waals surface area contributed by atoms with Crippen LogP contribution in [0.25, 0.3) is 10.6 Å². The Balaban J connectivity index is 1.62. The number of piperidine rings is 1. The van der Waals surface area contributed by atoms with E-state index in [0.29, 0.717) is 0 Å². The maximum absolute atomic E-state index is 11.6. The van der Waals surface area contributed by atoms with Gasteiger partial charge in [-0.25, -0.2) is 4.98 Å². The number of thiazole rings is 1. The molecule has 1 saturated heterocycles. The summed E-state index contributed by atoms with van der Waals surface area (Å²) < 4.78 is 10.3. The van der Waals surface area contributed by atoms with Gasteiger partial charge in [0, 0.05) is 11.9 Å². The van der Waals surface area contributed by atoms with Gasteiger partial charge in [0.25, 0.3) is 0 Å². The quantitative estimate of drug-likeness (QED) is 0.778. The molecule has 1 aliphatic heterocycles. The van der Waals surface area contributed by atoms with E-state index < -0.39 is 0 Å². The van der Waals surface area contributed by atoms with Crippen LogP contribution in [-0.4, -0.2) is 43.2 Å². The molecule has 0 aliphatic carbocycles. The molecule has 1 aliphatic rings. The number of carbonyl (C=O) groups excluding carboxylic acids is 1. The number of para-hydroxylation sites is 1. The normalized spacial score (nSPS) is 16.1. The molecule has 3 rings (SSSR count). The predicted octanol–water partition coefficient (Wildman–Crippen LogP) is 3.20.